The van der Waals surface area contributed by atoms with E-state index < -0.39 is 0 Å². The number of aromatic nitrogens is 2. The van der Waals surface area contributed by atoms with Crippen molar-refractivity contribution in [1.82, 2.24) is 20.2 Å². The molecule has 22 heavy (non-hydrogen) atoms. The first-order valence-corrected chi connectivity index (χ1v) is 8.63. The molecule has 3 heterocycles. The minimum atomic E-state index is 0.172. The summed E-state index contributed by atoms with van der Waals surface area (Å²) in [5, 5.41) is 6.68. The molecule has 2 unspecified atom stereocenters. The molecule has 2 fully saturated rings. The predicted octanol–water partition coefficient (Wildman–Crippen LogP) is 2.08. The van der Waals surface area contributed by atoms with Gasteiger partial charge in [-0.1, -0.05) is 13.8 Å². The van der Waals surface area contributed by atoms with Crippen molar-refractivity contribution in [3.63, 3.8) is 0 Å². The lowest BCUT2D eigenvalue weighted by atomic mass is 9.89. The maximum Gasteiger partial charge on any atom is 0.220 e. The van der Waals surface area contributed by atoms with Gasteiger partial charge in [-0.05, 0) is 37.5 Å². The highest BCUT2D eigenvalue weighted by atomic mass is 16.1. The second-order valence-electron chi connectivity index (χ2n) is 7.35. The van der Waals surface area contributed by atoms with Crippen molar-refractivity contribution in [2.45, 2.75) is 71.1 Å². The molecule has 2 aliphatic rings. The van der Waals surface area contributed by atoms with Gasteiger partial charge in [0.15, 0.2) is 0 Å². The number of piperidine rings is 1. The second-order valence-corrected chi connectivity index (χ2v) is 7.35. The molecule has 0 radical (unpaired) electrons. The normalized spacial score (nSPS) is 27.3. The van der Waals surface area contributed by atoms with E-state index in [2.05, 4.69) is 34.0 Å². The number of nitrogens with zero attached hydrogens (tertiary/aromatic N) is 2. The molecule has 1 amide bonds. The van der Waals surface area contributed by atoms with Crippen molar-refractivity contribution < 1.29 is 4.79 Å². The first kappa shape index (κ1) is 15.5. The monoisotopic (exact) mass is 304 g/mol. The van der Waals surface area contributed by atoms with Gasteiger partial charge < -0.3 is 15.2 Å². The summed E-state index contributed by atoms with van der Waals surface area (Å²) in [6.45, 7) is 5.86. The lowest BCUT2D eigenvalue weighted by molar-refractivity contribution is -0.122. The zero-order valence-corrected chi connectivity index (χ0v) is 13.7. The van der Waals surface area contributed by atoms with Crippen LogP contribution in [0.3, 0.4) is 0 Å². The van der Waals surface area contributed by atoms with Gasteiger partial charge in [0, 0.05) is 37.4 Å². The number of carbonyl (C=O) groups excluding carboxylic acids is 1. The molecule has 2 bridgehead atoms. The Morgan fingerprint density at radius 3 is 2.82 bits per heavy atom. The fourth-order valence-corrected chi connectivity index (χ4v) is 3.92. The summed E-state index contributed by atoms with van der Waals surface area (Å²) in [4.78, 5) is 16.6. The van der Waals surface area contributed by atoms with Crippen molar-refractivity contribution in [2.24, 2.45) is 11.8 Å². The molecular weight excluding hydrogens is 276 g/mol. The van der Waals surface area contributed by atoms with Crippen molar-refractivity contribution in [3.8, 4) is 0 Å². The third-order valence-electron chi connectivity index (χ3n) is 4.85. The third kappa shape index (κ3) is 3.88. The Morgan fingerprint density at radius 2 is 2.14 bits per heavy atom. The summed E-state index contributed by atoms with van der Waals surface area (Å²) >= 11 is 0. The number of nitrogens with one attached hydrogen (secondary N) is 2. The summed E-state index contributed by atoms with van der Waals surface area (Å²) in [5.41, 5.74) is 0. The highest BCUT2D eigenvalue weighted by Gasteiger charge is 2.34. The van der Waals surface area contributed by atoms with Crippen LogP contribution in [-0.4, -0.2) is 27.5 Å². The van der Waals surface area contributed by atoms with Crippen LogP contribution in [0.25, 0.3) is 0 Å². The molecule has 2 atom stereocenters. The molecule has 0 aliphatic carbocycles. The Balaban J connectivity index is 1.45. The van der Waals surface area contributed by atoms with Crippen molar-refractivity contribution in [1.29, 1.82) is 0 Å². The standard InChI is InChI=1S/C17H28N4O/c1-12(2)11-21-6-5-18-16(21)10-19-17(22)9-13-7-14-3-4-15(8-13)20-14/h5-6,12-15,20H,3-4,7-11H2,1-2H3,(H,19,22). The number of imidazole rings is 1. The Labute approximate surface area is 132 Å². The number of rotatable bonds is 6. The van der Waals surface area contributed by atoms with Crippen molar-refractivity contribution >= 4 is 5.91 Å². The molecule has 5 heteroatoms. The molecule has 5 nitrogen and oxygen atoms in total. The highest BCUT2D eigenvalue weighted by Crippen LogP contribution is 2.32. The number of hydrogen-bond acceptors (Lipinski definition) is 3. The average Bonchev–Trinajstić information content (AvgIpc) is 3.02. The fourth-order valence-electron chi connectivity index (χ4n) is 3.92. The van der Waals surface area contributed by atoms with E-state index in [1.807, 2.05) is 12.4 Å². The molecular formula is C17H28N4O. The Morgan fingerprint density at radius 1 is 1.41 bits per heavy atom. The first-order chi connectivity index (χ1) is 10.6. The van der Waals surface area contributed by atoms with Crippen LogP contribution in [0.1, 0.15) is 51.8 Å². The minimum Gasteiger partial charge on any atom is -0.349 e. The van der Waals surface area contributed by atoms with Gasteiger partial charge in [-0.2, -0.15) is 0 Å². The van der Waals surface area contributed by atoms with Crippen LogP contribution in [-0.2, 0) is 17.9 Å². The van der Waals surface area contributed by atoms with Gasteiger partial charge >= 0.3 is 0 Å². The molecule has 122 valence electrons. The zero-order chi connectivity index (χ0) is 15.5. The number of carbonyl (C=O) groups is 1. The fraction of sp³-hybridized carbons (Fsp3) is 0.765. The lowest BCUT2D eigenvalue weighted by Crippen LogP contribution is -2.39. The van der Waals surface area contributed by atoms with E-state index in [0.29, 0.717) is 36.9 Å². The molecule has 0 saturated carbocycles. The molecule has 2 aliphatic heterocycles. The number of fused-ring (bicyclic) bond motifs is 2. The summed E-state index contributed by atoms with van der Waals surface area (Å²) in [6.07, 6.45) is 9.36. The molecule has 1 aromatic rings. The molecule has 2 saturated heterocycles. The van der Waals surface area contributed by atoms with E-state index in [4.69, 9.17) is 0 Å². The minimum absolute atomic E-state index is 0.172. The van der Waals surface area contributed by atoms with Gasteiger partial charge in [0.05, 0.1) is 6.54 Å². The summed E-state index contributed by atoms with van der Waals surface area (Å²) in [7, 11) is 0. The smallest absolute Gasteiger partial charge is 0.220 e. The van der Waals surface area contributed by atoms with Crippen LogP contribution >= 0.6 is 0 Å². The van der Waals surface area contributed by atoms with Gasteiger partial charge in [-0.25, -0.2) is 4.98 Å². The molecule has 1 aromatic heterocycles. The zero-order valence-electron chi connectivity index (χ0n) is 13.7. The van der Waals surface area contributed by atoms with Crippen molar-refractivity contribution in [2.75, 3.05) is 0 Å². The van der Waals surface area contributed by atoms with Gasteiger partial charge in [-0.15, -0.1) is 0 Å². The van der Waals surface area contributed by atoms with Crippen LogP contribution < -0.4 is 10.6 Å². The first-order valence-electron chi connectivity index (χ1n) is 8.63. The maximum atomic E-state index is 12.2. The molecule has 0 aromatic carbocycles. The van der Waals surface area contributed by atoms with E-state index in [1.165, 1.54) is 12.8 Å². The summed E-state index contributed by atoms with van der Waals surface area (Å²) < 4.78 is 2.13. The summed E-state index contributed by atoms with van der Waals surface area (Å²) in [5.74, 6) is 2.25. The van der Waals surface area contributed by atoms with Crippen LogP contribution in [0.5, 0.6) is 0 Å². The largest absolute Gasteiger partial charge is 0.349 e. The van der Waals surface area contributed by atoms with E-state index in [9.17, 15) is 4.79 Å². The SMILES string of the molecule is CC(C)Cn1ccnc1CNC(=O)CC1CC2CCC(C1)N2. The number of amides is 1. The van der Waals surface area contributed by atoms with Gasteiger partial charge in [0.2, 0.25) is 5.91 Å². The quantitative estimate of drug-likeness (QED) is 0.846. The topological polar surface area (TPSA) is 59.0 Å². The van der Waals surface area contributed by atoms with Crippen LogP contribution in [0.4, 0.5) is 0 Å². The van der Waals surface area contributed by atoms with Gasteiger partial charge in [-0.3, -0.25) is 4.79 Å². The van der Waals surface area contributed by atoms with E-state index in [0.717, 1.165) is 25.2 Å². The molecule has 2 N–H and O–H groups in total. The van der Waals surface area contributed by atoms with Crippen molar-refractivity contribution in [3.05, 3.63) is 18.2 Å². The lowest BCUT2D eigenvalue weighted by Gasteiger charge is -2.28. The second kappa shape index (κ2) is 6.82. The third-order valence-corrected chi connectivity index (χ3v) is 4.85. The van der Waals surface area contributed by atoms with Crippen LogP contribution in [0.15, 0.2) is 12.4 Å². The van der Waals surface area contributed by atoms with Crippen LogP contribution in [0.2, 0.25) is 0 Å². The van der Waals surface area contributed by atoms with Gasteiger partial charge in [0.25, 0.3) is 0 Å². The van der Waals surface area contributed by atoms with E-state index in [-0.39, 0.29) is 5.91 Å². The Bertz CT molecular complexity index is 499. The molecule has 0 spiro atoms. The highest BCUT2D eigenvalue weighted by molar-refractivity contribution is 5.76. The van der Waals surface area contributed by atoms with E-state index >= 15 is 0 Å². The average molecular weight is 304 g/mol. The Kier molecular flexibility index (Phi) is 4.81. The number of hydrogen-bond donors (Lipinski definition) is 2. The molecule has 3 rings (SSSR count). The predicted molar refractivity (Wildman–Crippen MR) is 86.2 cm³/mol. The maximum absolute atomic E-state index is 12.2. The van der Waals surface area contributed by atoms with Gasteiger partial charge in [0.1, 0.15) is 5.82 Å². The Hall–Kier alpha value is -1.36. The summed E-state index contributed by atoms with van der Waals surface area (Å²) in [6, 6.07) is 1.31. The van der Waals surface area contributed by atoms with E-state index in [1.54, 1.807) is 0 Å². The van der Waals surface area contributed by atoms with Crippen LogP contribution in [0, 0.1) is 11.8 Å².